The van der Waals surface area contributed by atoms with Gasteiger partial charge in [0.1, 0.15) is 0 Å². The number of hydrogen-bond acceptors (Lipinski definition) is 4. The number of nitrogens with one attached hydrogen (secondary N) is 4. The summed E-state index contributed by atoms with van der Waals surface area (Å²) >= 11 is 0. The molecule has 0 spiro atoms. The fourth-order valence-electron chi connectivity index (χ4n) is 1.29. The van der Waals surface area contributed by atoms with Crippen molar-refractivity contribution in [1.82, 2.24) is 20.2 Å². The Morgan fingerprint density at radius 2 is 2.40 bits per heavy atom. The summed E-state index contributed by atoms with van der Waals surface area (Å²) in [6.07, 6.45) is 2.85. The van der Waals surface area contributed by atoms with E-state index < -0.39 is 0 Å². The largest absolute Gasteiger partial charge is 0.365 e. The quantitative estimate of drug-likeness (QED) is 0.584. The lowest BCUT2D eigenvalue weighted by molar-refractivity contribution is 0.954. The highest BCUT2D eigenvalue weighted by Gasteiger charge is 1.99. The van der Waals surface area contributed by atoms with E-state index in [2.05, 4.69) is 36.9 Å². The Morgan fingerprint density at radius 3 is 3.07 bits per heavy atom. The number of hydrogen-bond donors (Lipinski definition) is 4. The van der Waals surface area contributed by atoms with E-state index in [4.69, 9.17) is 0 Å². The molecule has 0 bridgehead atoms. The molecule has 0 aliphatic rings. The standard InChI is InChI=1S/C9H14N6/c1-10-8-13-9(15-14-8)12-6-4-7-3-2-5-11-7/h2-3,5,11H,4,6H2,1H3,(H3,10,12,13,14,15). The first-order valence-electron chi connectivity index (χ1n) is 4.85. The minimum atomic E-state index is 0.595. The summed E-state index contributed by atoms with van der Waals surface area (Å²) in [6, 6.07) is 4.05. The highest BCUT2D eigenvalue weighted by atomic mass is 15.3. The fraction of sp³-hybridized carbons (Fsp3) is 0.333. The van der Waals surface area contributed by atoms with Crippen molar-refractivity contribution in [2.45, 2.75) is 6.42 Å². The molecule has 15 heavy (non-hydrogen) atoms. The molecule has 0 radical (unpaired) electrons. The van der Waals surface area contributed by atoms with Crippen LogP contribution in [-0.2, 0) is 6.42 Å². The molecule has 0 amide bonds. The van der Waals surface area contributed by atoms with Crippen LogP contribution >= 0.6 is 0 Å². The van der Waals surface area contributed by atoms with E-state index in [1.807, 2.05) is 12.3 Å². The van der Waals surface area contributed by atoms with Crippen LogP contribution in [0.5, 0.6) is 0 Å². The topological polar surface area (TPSA) is 81.4 Å². The van der Waals surface area contributed by atoms with Crippen LogP contribution in [-0.4, -0.2) is 33.8 Å². The third-order valence-electron chi connectivity index (χ3n) is 2.06. The van der Waals surface area contributed by atoms with Crippen LogP contribution in [0, 0.1) is 0 Å². The average Bonchev–Trinajstić information content (AvgIpc) is 2.88. The number of anilines is 2. The van der Waals surface area contributed by atoms with Gasteiger partial charge in [-0.1, -0.05) is 0 Å². The molecule has 6 nitrogen and oxygen atoms in total. The van der Waals surface area contributed by atoms with Crippen LogP contribution in [0.15, 0.2) is 18.3 Å². The molecule has 6 heteroatoms. The predicted octanol–water partition coefficient (Wildman–Crippen LogP) is 0.829. The minimum Gasteiger partial charge on any atom is -0.365 e. The zero-order chi connectivity index (χ0) is 10.5. The van der Waals surface area contributed by atoms with Crippen molar-refractivity contribution in [3.05, 3.63) is 24.0 Å². The molecule has 2 aromatic rings. The maximum atomic E-state index is 4.15. The van der Waals surface area contributed by atoms with Crippen molar-refractivity contribution in [3.63, 3.8) is 0 Å². The maximum Gasteiger partial charge on any atom is 0.243 e. The van der Waals surface area contributed by atoms with Gasteiger partial charge in [0, 0.05) is 31.9 Å². The van der Waals surface area contributed by atoms with E-state index in [-0.39, 0.29) is 0 Å². The zero-order valence-electron chi connectivity index (χ0n) is 8.54. The highest BCUT2D eigenvalue weighted by Crippen LogP contribution is 2.02. The van der Waals surface area contributed by atoms with Crippen molar-refractivity contribution in [2.75, 3.05) is 24.2 Å². The Morgan fingerprint density at radius 1 is 1.47 bits per heavy atom. The number of aromatic nitrogens is 4. The molecule has 0 fully saturated rings. The molecule has 80 valence electrons. The Labute approximate surface area is 87.5 Å². The van der Waals surface area contributed by atoms with Gasteiger partial charge in [0.15, 0.2) is 0 Å². The molecular formula is C9H14N6. The van der Waals surface area contributed by atoms with Crippen LogP contribution in [0.3, 0.4) is 0 Å². The first-order valence-corrected chi connectivity index (χ1v) is 4.85. The van der Waals surface area contributed by atoms with E-state index in [1.54, 1.807) is 7.05 Å². The molecule has 2 aromatic heterocycles. The van der Waals surface area contributed by atoms with Crippen LogP contribution in [0.25, 0.3) is 0 Å². The summed E-state index contributed by atoms with van der Waals surface area (Å²) in [7, 11) is 1.78. The van der Waals surface area contributed by atoms with Crippen molar-refractivity contribution < 1.29 is 0 Å². The highest BCUT2D eigenvalue weighted by molar-refractivity contribution is 5.32. The number of rotatable bonds is 5. The third-order valence-corrected chi connectivity index (χ3v) is 2.06. The molecule has 0 saturated carbocycles. The van der Waals surface area contributed by atoms with E-state index in [9.17, 15) is 0 Å². The lowest BCUT2D eigenvalue weighted by Crippen LogP contribution is -2.06. The van der Waals surface area contributed by atoms with Crippen LogP contribution in [0.2, 0.25) is 0 Å². The smallest absolute Gasteiger partial charge is 0.243 e. The van der Waals surface area contributed by atoms with Gasteiger partial charge in [-0.3, -0.25) is 0 Å². The summed E-state index contributed by atoms with van der Waals surface area (Å²) in [4.78, 5) is 7.29. The number of H-pyrrole nitrogens is 2. The molecule has 0 aliphatic heterocycles. The van der Waals surface area contributed by atoms with Gasteiger partial charge >= 0.3 is 0 Å². The Hall–Kier alpha value is -1.98. The Bertz CT molecular complexity index is 390. The van der Waals surface area contributed by atoms with Gasteiger partial charge in [0.05, 0.1) is 0 Å². The first-order chi connectivity index (χ1) is 7.38. The lowest BCUT2D eigenvalue weighted by atomic mass is 10.3. The van der Waals surface area contributed by atoms with E-state index in [1.165, 1.54) is 5.69 Å². The molecule has 0 saturated heterocycles. The molecule has 0 aliphatic carbocycles. The monoisotopic (exact) mass is 206 g/mol. The molecular weight excluding hydrogens is 192 g/mol. The summed E-state index contributed by atoms with van der Waals surface area (Å²) in [5, 5.41) is 12.7. The third kappa shape index (κ3) is 2.49. The van der Waals surface area contributed by atoms with Crippen molar-refractivity contribution in [1.29, 1.82) is 0 Å². The van der Waals surface area contributed by atoms with Gasteiger partial charge in [-0.15, -0.1) is 5.10 Å². The second-order valence-corrected chi connectivity index (χ2v) is 3.13. The van der Waals surface area contributed by atoms with Gasteiger partial charge in [0.25, 0.3) is 0 Å². The molecule has 4 N–H and O–H groups in total. The summed E-state index contributed by atoms with van der Waals surface area (Å²) in [5.41, 5.74) is 1.20. The van der Waals surface area contributed by atoms with Crippen molar-refractivity contribution in [2.24, 2.45) is 0 Å². The van der Waals surface area contributed by atoms with Crippen LogP contribution in [0.1, 0.15) is 5.69 Å². The molecule has 2 rings (SSSR count). The van der Waals surface area contributed by atoms with Crippen LogP contribution in [0.4, 0.5) is 11.9 Å². The zero-order valence-corrected chi connectivity index (χ0v) is 8.54. The number of nitrogens with zero attached hydrogens (tertiary/aromatic N) is 2. The van der Waals surface area contributed by atoms with E-state index in [0.29, 0.717) is 11.9 Å². The Kier molecular flexibility index (Phi) is 2.87. The van der Waals surface area contributed by atoms with Crippen molar-refractivity contribution >= 4 is 11.9 Å². The minimum absolute atomic E-state index is 0.595. The molecule has 0 aromatic carbocycles. The second-order valence-electron chi connectivity index (χ2n) is 3.13. The second kappa shape index (κ2) is 4.50. The SMILES string of the molecule is CNc1n[nH]c(NCCc2ccc[nH]2)n1. The van der Waals surface area contributed by atoms with Gasteiger partial charge in [-0.25, -0.2) is 5.10 Å². The first kappa shape index (κ1) is 9.57. The van der Waals surface area contributed by atoms with Crippen molar-refractivity contribution in [3.8, 4) is 0 Å². The normalized spacial score (nSPS) is 10.2. The maximum absolute atomic E-state index is 4.15. The van der Waals surface area contributed by atoms with Gasteiger partial charge in [-0.2, -0.15) is 4.98 Å². The van der Waals surface area contributed by atoms with E-state index >= 15 is 0 Å². The lowest BCUT2D eigenvalue weighted by Gasteiger charge is -1.99. The van der Waals surface area contributed by atoms with Gasteiger partial charge in [0.2, 0.25) is 11.9 Å². The molecule has 2 heterocycles. The number of aromatic amines is 2. The molecule has 0 atom stereocenters. The fourth-order valence-corrected chi connectivity index (χ4v) is 1.29. The molecule has 0 unspecified atom stereocenters. The van der Waals surface area contributed by atoms with Gasteiger partial charge in [-0.05, 0) is 12.1 Å². The summed E-state index contributed by atoms with van der Waals surface area (Å²) in [5.74, 6) is 1.28. The average molecular weight is 206 g/mol. The van der Waals surface area contributed by atoms with E-state index in [0.717, 1.165) is 13.0 Å². The van der Waals surface area contributed by atoms with Crippen LogP contribution < -0.4 is 10.6 Å². The predicted molar refractivity (Wildman–Crippen MR) is 58.9 cm³/mol. The van der Waals surface area contributed by atoms with Gasteiger partial charge < -0.3 is 15.6 Å². The Balaban J connectivity index is 1.78. The summed E-state index contributed by atoms with van der Waals surface area (Å²) < 4.78 is 0. The summed E-state index contributed by atoms with van der Waals surface area (Å²) in [6.45, 7) is 0.818.